The van der Waals surface area contributed by atoms with E-state index in [1.54, 1.807) is 6.92 Å². The molecule has 3 N–H and O–H groups in total. The van der Waals surface area contributed by atoms with Gasteiger partial charge in [0, 0.05) is 12.8 Å². The smallest absolute Gasteiger partial charge is 0.220 e. The number of hydrogen-bond donors (Lipinski definition) is 2. The second kappa shape index (κ2) is 10.9. The predicted molar refractivity (Wildman–Crippen MR) is 77.9 cm³/mol. The molecule has 1 atom stereocenters. The normalized spacial score (nSPS) is 12.5. The molecular formula is C14H29N3O2. The summed E-state index contributed by atoms with van der Waals surface area (Å²) in [6, 6.07) is -0.332. The summed E-state index contributed by atoms with van der Waals surface area (Å²) in [4.78, 5) is 25.6. The lowest BCUT2D eigenvalue weighted by molar-refractivity contribution is -0.127. The van der Waals surface area contributed by atoms with Gasteiger partial charge in [0.1, 0.15) is 0 Å². The molecule has 19 heavy (non-hydrogen) atoms. The van der Waals surface area contributed by atoms with Crippen molar-refractivity contribution in [3.05, 3.63) is 0 Å². The van der Waals surface area contributed by atoms with Gasteiger partial charge in [-0.1, -0.05) is 6.92 Å². The van der Waals surface area contributed by atoms with Crippen LogP contribution in [-0.4, -0.2) is 49.8 Å². The summed E-state index contributed by atoms with van der Waals surface area (Å²) >= 11 is 0. The summed E-state index contributed by atoms with van der Waals surface area (Å²) in [5.74, 6) is 0.0828. The van der Waals surface area contributed by atoms with Gasteiger partial charge in [0.05, 0.1) is 6.04 Å². The van der Waals surface area contributed by atoms with E-state index in [9.17, 15) is 9.59 Å². The van der Waals surface area contributed by atoms with Crippen molar-refractivity contribution in [1.29, 1.82) is 0 Å². The quantitative estimate of drug-likeness (QED) is 0.548. The maximum atomic E-state index is 12.1. The first-order valence-electron chi connectivity index (χ1n) is 7.18. The number of amides is 1. The van der Waals surface area contributed by atoms with E-state index < -0.39 is 0 Å². The molecule has 5 nitrogen and oxygen atoms in total. The molecule has 112 valence electrons. The molecule has 1 amide bonds. The van der Waals surface area contributed by atoms with Crippen LogP contribution in [0, 0.1) is 0 Å². The van der Waals surface area contributed by atoms with Crippen LogP contribution < -0.4 is 11.1 Å². The van der Waals surface area contributed by atoms with E-state index in [1.165, 1.54) is 0 Å². The van der Waals surface area contributed by atoms with Crippen LogP contribution in [0.1, 0.15) is 45.4 Å². The van der Waals surface area contributed by atoms with Crippen molar-refractivity contribution in [3.63, 3.8) is 0 Å². The largest absolute Gasteiger partial charge is 0.346 e. The Labute approximate surface area is 116 Å². The standard InChI is InChI=1S/C14H29N3O2/c1-4-14(19)16-12(8-5-6-10-15)13(18)9-7-11-17(2)3/h12H,4-11,15H2,1-3H3,(H,16,19). The minimum absolute atomic E-state index is 0.0568. The van der Waals surface area contributed by atoms with E-state index in [-0.39, 0.29) is 17.7 Å². The average Bonchev–Trinajstić information content (AvgIpc) is 2.36. The van der Waals surface area contributed by atoms with Gasteiger partial charge in [0.2, 0.25) is 5.91 Å². The minimum Gasteiger partial charge on any atom is -0.346 e. The van der Waals surface area contributed by atoms with Gasteiger partial charge < -0.3 is 16.0 Å². The third kappa shape index (κ3) is 9.62. The van der Waals surface area contributed by atoms with Crippen LogP contribution in [0.15, 0.2) is 0 Å². The van der Waals surface area contributed by atoms with Crippen molar-refractivity contribution in [1.82, 2.24) is 10.2 Å². The Morgan fingerprint density at radius 1 is 1.21 bits per heavy atom. The van der Waals surface area contributed by atoms with Crippen LogP contribution in [-0.2, 0) is 9.59 Å². The molecule has 0 aromatic heterocycles. The van der Waals surface area contributed by atoms with Gasteiger partial charge in [-0.3, -0.25) is 9.59 Å². The van der Waals surface area contributed by atoms with E-state index >= 15 is 0 Å². The summed E-state index contributed by atoms with van der Waals surface area (Å²) in [5, 5.41) is 2.82. The third-order valence-corrected chi connectivity index (χ3v) is 3.02. The van der Waals surface area contributed by atoms with Gasteiger partial charge >= 0.3 is 0 Å². The molecule has 0 fully saturated rings. The molecule has 5 heteroatoms. The zero-order chi connectivity index (χ0) is 14.7. The number of ketones is 1. The van der Waals surface area contributed by atoms with Gasteiger partial charge in [0.25, 0.3) is 0 Å². The van der Waals surface area contributed by atoms with Crippen LogP contribution in [0.3, 0.4) is 0 Å². The lowest BCUT2D eigenvalue weighted by Gasteiger charge is -2.18. The number of unbranched alkanes of at least 4 members (excludes halogenated alkanes) is 1. The van der Waals surface area contributed by atoms with Crippen LogP contribution >= 0.6 is 0 Å². The van der Waals surface area contributed by atoms with Crippen LogP contribution in [0.4, 0.5) is 0 Å². The summed E-state index contributed by atoms with van der Waals surface area (Å²) in [7, 11) is 3.98. The zero-order valence-electron chi connectivity index (χ0n) is 12.6. The second-order valence-electron chi connectivity index (χ2n) is 5.13. The molecule has 0 aromatic carbocycles. The van der Waals surface area contributed by atoms with Crippen molar-refractivity contribution in [2.45, 2.75) is 51.5 Å². The Morgan fingerprint density at radius 3 is 2.42 bits per heavy atom. The molecule has 0 aliphatic rings. The van der Waals surface area contributed by atoms with Crippen LogP contribution in [0.5, 0.6) is 0 Å². The maximum absolute atomic E-state index is 12.1. The molecule has 0 spiro atoms. The van der Waals surface area contributed by atoms with Crippen molar-refractivity contribution < 1.29 is 9.59 Å². The molecule has 0 saturated carbocycles. The van der Waals surface area contributed by atoms with Crippen LogP contribution in [0.25, 0.3) is 0 Å². The number of carbonyl (C=O) groups excluding carboxylic acids is 2. The SMILES string of the molecule is CCC(=O)NC(CCCCN)C(=O)CCCN(C)C. The number of nitrogens with zero attached hydrogens (tertiary/aromatic N) is 1. The van der Waals surface area contributed by atoms with Gasteiger partial charge in [-0.25, -0.2) is 0 Å². The zero-order valence-corrected chi connectivity index (χ0v) is 12.6. The average molecular weight is 271 g/mol. The van der Waals surface area contributed by atoms with Gasteiger partial charge in [0.15, 0.2) is 5.78 Å². The first-order valence-corrected chi connectivity index (χ1v) is 7.18. The minimum atomic E-state index is -0.332. The number of Topliss-reactive ketones (excluding diaryl/α,β-unsaturated/α-hetero) is 1. The van der Waals surface area contributed by atoms with Gasteiger partial charge in [-0.15, -0.1) is 0 Å². The Hall–Kier alpha value is -0.940. The second-order valence-corrected chi connectivity index (χ2v) is 5.13. The lowest BCUT2D eigenvalue weighted by atomic mass is 10.0. The number of nitrogens with one attached hydrogen (secondary N) is 1. The summed E-state index contributed by atoms with van der Waals surface area (Å²) in [6.07, 6.45) is 4.24. The predicted octanol–water partition coefficient (Wildman–Crippen LogP) is 0.921. The number of carbonyl (C=O) groups is 2. The Morgan fingerprint density at radius 2 is 1.89 bits per heavy atom. The molecule has 0 aliphatic carbocycles. The highest BCUT2D eigenvalue weighted by molar-refractivity contribution is 5.88. The van der Waals surface area contributed by atoms with E-state index in [0.717, 1.165) is 25.8 Å². The fourth-order valence-corrected chi connectivity index (χ4v) is 1.85. The molecule has 0 radical (unpaired) electrons. The molecule has 0 aromatic rings. The molecule has 0 saturated heterocycles. The van der Waals surface area contributed by atoms with Crippen molar-refractivity contribution in [2.24, 2.45) is 5.73 Å². The molecule has 0 aliphatic heterocycles. The third-order valence-electron chi connectivity index (χ3n) is 3.02. The van der Waals surface area contributed by atoms with Gasteiger partial charge in [-0.05, 0) is 52.9 Å². The van der Waals surface area contributed by atoms with Crippen LogP contribution in [0.2, 0.25) is 0 Å². The first-order chi connectivity index (χ1) is 9.01. The fraction of sp³-hybridized carbons (Fsp3) is 0.857. The van der Waals surface area contributed by atoms with E-state index in [4.69, 9.17) is 5.73 Å². The number of rotatable bonds is 11. The monoisotopic (exact) mass is 271 g/mol. The molecule has 0 bridgehead atoms. The summed E-state index contributed by atoms with van der Waals surface area (Å²) in [6.45, 7) is 3.31. The molecule has 1 unspecified atom stereocenters. The van der Waals surface area contributed by atoms with E-state index in [2.05, 4.69) is 10.2 Å². The number of nitrogens with two attached hydrogens (primary N) is 1. The lowest BCUT2D eigenvalue weighted by Crippen LogP contribution is -2.40. The van der Waals surface area contributed by atoms with Crippen molar-refractivity contribution >= 4 is 11.7 Å². The summed E-state index contributed by atoms with van der Waals surface area (Å²) < 4.78 is 0. The van der Waals surface area contributed by atoms with E-state index in [0.29, 0.717) is 25.8 Å². The molecule has 0 heterocycles. The topological polar surface area (TPSA) is 75.4 Å². The molecular weight excluding hydrogens is 242 g/mol. The Bertz CT molecular complexity index is 267. The highest BCUT2D eigenvalue weighted by Crippen LogP contribution is 2.06. The highest BCUT2D eigenvalue weighted by atomic mass is 16.2. The maximum Gasteiger partial charge on any atom is 0.220 e. The molecule has 0 rings (SSSR count). The van der Waals surface area contributed by atoms with Gasteiger partial charge in [-0.2, -0.15) is 0 Å². The first kappa shape index (κ1) is 18.1. The van der Waals surface area contributed by atoms with E-state index in [1.807, 2.05) is 14.1 Å². The fourth-order valence-electron chi connectivity index (χ4n) is 1.85. The Balaban J connectivity index is 4.20. The van der Waals surface area contributed by atoms with Crippen molar-refractivity contribution in [3.8, 4) is 0 Å². The Kier molecular flexibility index (Phi) is 10.4. The summed E-state index contributed by atoms with van der Waals surface area (Å²) in [5.41, 5.74) is 5.45. The number of hydrogen-bond acceptors (Lipinski definition) is 4. The highest BCUT2D eigenvalue weighted by Gasteiger charge is 2.19. The van der Waals surface area contributed by atoms with Crippen molar-refractivity contribution in [2.75, 3.05) is 27.2 Å².